The van der Waals surface area contributed by atoms with Gasteiger partial charge in [0, 0.05) is 32.4 Å². The van der Waals surface area contributed by atoms with Gasteiger partial charge < -0.3 is 14.5 Å². The summed E-state index contributed by atoms with van der Waals surface area (Å²) in [5.74, 6) is 1.12. The van der Waals surface area contributed by atoms with Crippen LogP contribution in [0.15, 0.2) is 48.7 Å². The largest absolute Gasteiger partial charge is 0.461 e. The van der Waals surface area contributed by atoms with Crippen LogP contribution in [-0.4, -0.2) is 53.7 Å². The summed E-state index contributed by atoms with van der Waals surface area (Å²) < 4.78 is 5.21. The van der Waals surface area contributed by atoms with Gasteiger partial charge in [-0.25, -0.2) is 19.7 Å². The highest BCUT2D eigenvalue weighted by Crippen LogP contribution is 2.24. The summed E-state index contributed by atoms with van der Waals surface area (Å²) in [6.07, 6.45) is 1.80. The van der Waals surface area contributed by atoms with Crippen molar-refractivity contribution in [1.29, 1.82) is 0 Å². The molecule has 1 aliphatic rings. The summed E-state index contributed by atoms with van der Waals surface area (Å²) in [4.78, 5) is 30.5. The van der Waals surface area contributed by atoms with E-state index in [0.717, 1.165) is 37.5 Å². The van der Waals surface area contributed by atoms with Crippen LogP contribution >= 0.6 is 0 Å². The fourth-order valence-electron chi connectivity index (χ4n) is 3.24. The lowest BCUT2D eigenvalue weighted by atomic mass is 10.2. The van der Waals surface area contributed by atoms with Gasteiger partial charge in [-0.2, -0.15) is 0 Å². The molecule has 2 aromatic heterocycles. The zero-order chi connectivity index (χ0) is 18.6. The fraction of sp³-hybridized carbons (Fsp3) is 0.300. The smallest absolute Gasteiger partial charge is 0.360 e. The van der Waals surface area contributed by atoms with E-state index in [9.17, 15) is 4.79 Å². The molecule has 0 radical (unpaired) electrons. The van der Waals surface area contributed by atoms with E-state index in [1.165, 1.54) is 0 Å². The van der Waals surface area contributed by atoms with E-state index >= 15 is 0 Å². The lowest BCUT2D eigenvalue weighted by Crippen LogP contribution is -2.47. The molecule has 1 aliphatic heterocycles. The number of carbonyl (C=O) groups excluding carboxylic acids is 1. The molecule has 0 spiro atoms. The molecule has 138 valence electrons. The van der Waals surface area contributed by atoms with Gasteiger partial charge in [-0.1, -0.05) is 18.2 Å². The second kappa shape index (κ2) is 7.57. The van der Waals surface area contributed by atoms with Crippen molar-refractivity contribution in [3.63, 3.8) is 0 Å². The number of rotatable bonds is 4. The molecule has 0 unspecified atom stereocenters. The highest BCUT2D eigenvalue weighted by Gasteiger charge is 2.26. The molecule has 0 saturated carbocycles. The molecule has 7 nitrogen and oxygen atoms in total. The van der Waals surface area contributed by atoms with Gasteiger partial charge in [-0.15, -0.1) is 0 Å². The minimum Gasteiger partial charge on any atom is -0.461 e. The summed E-state index contributed by atoms with van der Waals surface area (Å²) in [6, 6.07) is 13.5. The summed E-state index contributed by atoms with van der Waals surface area (Å²) in [5.41, 5.74) is 1.74. The average Bonchev–Trinajstić information content (AvgIpc) is 2.74. The van der Waals surface area contributed by atoms with E-state index in [0.29, 0.717) is 17.9 Å². The minimum absolute atomic E-state index is 0.279. The first-order chi connectivity index (χ1) is 13.3. The first kappa shape index (κ1) is 17.2. The predicted molar refractivity (Wildman–Crippen MR) is 104 cm³/mol. The number of piperazine rings is 1. The van der Waals surface area contributed by atoms with Gasteiger partial charge in [0.25, 0.3) is 0 Å². The Bertz CT molecular complexity index is 940. The van der Waals surface area contributed by atoms with Crippen LogP contribution < -0.4 is 9.80 Å². The molecular weight excluding hydrogens is 342 g/mol. The number of carbonyl (C=O) groups is 1. The normalized spacial score (nSPS) is 14.4. The zero-order valence-corrected chi connectivity index (χ0v) is 15.2. The third kappa shape index (κ3) is 3.53. The molecule has 0 aliphatic carbocycles. The minimum atomic E-state index is -0.432. The maximum atomic E-state index is 12.5. The standard InChI is InChI=1S/C20H21N5O2/c1-2-27-20(26)18-19(23-16-8-4-3-7-15(16)22-18)25-13-11-24(12-14-25)17-9-5-6-10-21-17/h3-10H,2,11-14H2,1H3. The first-order valence-corrected chi connectivity index (χ1v) is 9.11. The summed E-state index contributed by atoms with van der Waals surface area (Å²) >= 11 is 0. The van der Waals surface area contributed by atoms with Crippen molar-refractivity contribution in [3.8, 4) is 0 Å². The molecule has 3 aromatic rings. The molecule has 1 aromatic carbocycles. The molecule has 3 heterocycles. The second-order valence-corrected chi connectivity index (χ2v) is 6.27. The Hall–Kier alpha value is -3.22. The Morgan fingerprint density at radius 1 is 0.963 bits per heavy atom. The van der Waals surface area contributed by atoms with Crippen molar-refractivity contribution in [2.45, 2.75) is 6.92 Å². The third-order valence-corrected chi connectivity index (χ3v) is 4.57. The number of anilines is 2. The van der Waals surface area contributed by atoms with Crippen LogP contribution in [0.4, 0.5) is 11.6 Å². The monoisotopic (exact) mass is 363 g/mol. The van der Waals surface area contributed by atoms with Crippen molar-refractivity contribution >= 4 is 28.6 Å². The number of esters is 1. The van der Waals surface area contributed by atoms with Gasteiger partial charge in [-0.05, 0) is 31.2 Å². The van der Waals surface area contributed by atoms with E-state index in [1.807, 2.05) is 42.5 Å². The molecule has 4 rings (SSSR count). The average molecular weight is 363 g/mol. The SMILES string of the molecule is CCOC(=O)c1nc2ccccc2nc1N1CCN(c2ccccn2)CC1. The number of ether oxygens (including phenoxy) is 1. The molecule has 7 heteroatoms. The number of nitrogens with zero attached hydrogens (tertiary/aromatic N) is 5. The Labute approximate surface area is 157 Å². The zero-order valence-electron chi connectivity index (χ0n) is 15.2. The molecule has 27 heavy (non-hydrogen) atoms. The number of aromatic nitrogens is 3. The third-order valence-electron chi connectivity index (χ3n) is 4.57. The molecule has 1 saturated heterocycles. The van der Waals surface area contributed by atoms with E-state index in [-0.39, 0.29) is 5.69 Å². The molecule has 0 atom stereocenters. The second-order valence-electron chi connectivity index (χ2n) is 6.27. The van der Waals surface area contributed by atoms with Crippen molar-refractivity contribution in [2.24, 2.45) is 0 Å². The quantitative estimate of drug-likeness (QED) is 0.660. The van der Waals surface area contributed by atoms with Crippen molar-refractivity contribution in [1.82, 2.24) is 15.0 Å². The Balaban J connectivity index is 1.62. The summed E-state index contributed by atoms with van der Waals surface area (Å²) in [6.45, 7) is 5.16. The van der Waals surface area contributed by atoms with Crippen LogP contribution in [-0.2, 0) is 4.74 Å². The molecular formula is C20H21N5O2. The maximum absolute atomic E-state index is 12.5. The van der Waals surface area contributed by atoms with Gasteiger partial charge in [0.15, 0.2) is 11.5 Å². The van der Waals surface area contributed by atoms with E-state index in [1.54, 1.807) is 13.1 Å². The highest BCUT2D eigenvalue weighted by molar-refractivity contribution is 5.95. The topological polar surface area (TPSA) is 71.5 Å². The highest BCUT2D eigenvalue weighted by atomic mass is 16.5. The van der Waals surface area contributed by atoms with Crippen LogP contribution in [0.25, 0.3) is 11.0 Å². The number of hydrogen-bond donors (Lipinski definition) is 0. The fourth-order valence-corrected chi connectivity index (χ4v) is 3.24. The molecule has 0 amide bonds. The first-order valence-electron chi connectivity index (χ1n) is 9.11. The summed E-state index contributed by atoms with van der Waals surface area (Å²) in [5, 5.41) is 0. The van der Waals surface area contributed by atoms with Crippen LogP contribution in [0.1, 0.15) is 17.4 Å². The van der Waals surface area contributed by atoms with Crippen LogP contribution in [0.2, 0.25) is 0 Å². The van der Waals surface area contributed by atoms with Gasteiger partial charge >= 0.3 is 5.97 Å². The Morgan fingerprint density at radius 3 is 2.30 bits per heavy atom. The lowest BCUT2D eigenvalue weighted by Gasteiger charge is -2.36. The van der Waals surface area contributed by atoms with Crippen LogP contribution in [0.3, 0.4) is 0 Å². The Morgan fingerprint density at radius 2 is 1.63 bits per heavy atom. The predicted octanol–water partition coefficient (Wildman–Crippen LogP) is 2.53. The molecule has 0 N–H and O–H groups in total. The van der Waals surface area contributed by atoms with E-state index in [4.69, 9.17) is 9.72 Å². The number of hydrogen-bond acceptors (Lipinski definition) is 7. The lowest BCUT2D eigenvalue weighted by molar-refractivity contribution is 0.0520. The van der Waals surface area contributed by atoms with Gasteiger partial charge in [-0.3, -0.25) is 0 Å². The van der Waals surface area contributed by atoms with Crippen molar-refractivity contribution < 1.29 is 9.53 Å². The molecule has 1 fully saturated rings. The van der Waals surface area contributed by atoms with Crippen molar-refractivity contribution in [2.75, 3.05) is 42.6 Å². The summed E-state index contributed by atoms with van der Waals surface area (Å²) in [7, 11) is 0. The number of para-hydroxylation sites is 2. The van der Waals surface area contributed by atoms with Crippen molar-refractivity contribution in [3.05, 3.63) is 54.4 Å². The number of benzene rings is 1. The van der Waals surface area contributed by atoms with Gasteiger partial charge in [0.05, 0.1) is 17.6 Å². The van der Waals surface area contributed by atoms with E-state index < -0.39 is 5.97 Å². The van der Waals surface area contributed by atoms with E-state index in [2.05, 4.69) is 19.8 Å². The van der Waals surface area contributed by atoms with Gasteiger partial charge in [0.1, 0.15) is 5.82 Å². The van der Waals surface area contributed by atoms with Crippen LogP contribution in [0, 0.1) is 0 Å². The molecule has 0 bridgehead atoms. The Kier molecular flexibility index (Phi) is 4.82. The maximum Gasteiger partial charge on any atom is 0.360 e. The number of fused-ring (bicyclic) bond motifs is 1. The van der Waals surface area contributed by atoms with Crippen LogP contribution in [0.5, 0.6) is 0 Å². The number of pyridine rings is 1. The van der Waals surface area contributed by atoms with Gasteiger partial charge in [0.2, 0.25) is 0 Å².